The fourth-order valence-electron chi connectivity index (χ4n) is 1.42. The van der Waals surface area contributed by atoms with Crippen LogP contribution >= 0.6 is 15.9 Å². The predicted molar refractivity (Wildman–Crippen MR) is 74.7 cm³/mol. The van der Waals surface area contributed by atoms with E-state index < -0.39 is 16.0 Å². The summed E-state index contributed by atoms with van der Waals surface area (Å²) in [6, 6.07) is 2.53. The number of rotatable bonds is 6. The Hall–Kier alpha value is -0.960. The standard InChI is InChI=1S/C11H15BrN2O4S/c1-7-9(11(15)16)5-8(6-10(7)12)19(17,18)14-4-2-3-13/h5-6,14H,2-4,13H2,1H3,(H,15,16). The van der Waals surface area contributed by atoms with Crippen molar-refractivity contribution in [3.05, 3.63) is 27.7 Å². The summed E-state index contributed by atoms with van der Waals surface area (Å²) in [7, 11) is -3.73. The fourth-order valence-corrected chi connectivity index (χ4v) is 3.16. The molecule has 0 aromatic heterocycles. The molecule has 0 spiro atoms. The zero-order valence-electron chi connectivity index (χ0n) is 10.3. The van der Waals surface area contributed by atoms with Crippen LogP contribution in [0, 0.1) is 6.92 Å². The van der Waals surface area contributed by atoms with Crippen LogP contribution in [0.2, 0.25) is 0 Å². The molecule has 8 heteroatoms. The molecule has 0 saturated carbocycles. The van der Waals surface area contributed by atoms with Crippen molar-refractivity contribution in [2.45, 2.75) is 18.2 Å². The van der Waals surface area contributed by atoms with E-state index in [1.54, 1.807) is 6.92 Å². The number of hydrogen-bond donors (Lipinski definition) is 3. The topological polar surface area (TPSA) is 109 Å². The van der Waals surface area contributed by atoms with Crippen molar-refractivity contribution < 1.29 is 18.3 Å². The van der Waals surface area contributed by atoms with Gasteiger partial charge in [0.15, 0.2) is 0 Å². The minimum Gasteiger partial charge on any atom is -0.478 e. The third-order valence-corrected chi connectivity index (χ3v) is 4.80. The number of carboxylic acids is 1. The lowest BCUT2D eigenvalue weighted by molar-refractivity contribution is 0.0695. The van der Waals surface area contributed by atoms with Crippen LogP contribution < -0.4 is 10.5 Å². The number of sulfonamides is 1. The summed E-state index contributed by atoms with van der Waals surface area (Å²) in [5, 5.41) is 9.04. The van der Waals surface area contributed by atoms with Gasteiger partial charge in [0.1, 0.15) is 0 Å². The van der Waals surface area contributed by atoms with Crippen LogP contribution in [0.25, 0.3) is 0 Å². The minimum atomic E-state index is -3.73. The molecule has 0 amide bonds. The Labute approximate surface area is 120 Å². The highest BCUT2D eigenvalue weighted by Gasteiger charge is 2.19. The smallest absolute Gasteiger partial charge is 0.336 e. The highest BCUT2D eigenvalue weighted by molar-refractivity contribution is 9.10. The lowest BCUT2D eigenvalue weighted by atomic mass is 10.1. The number of benzene rings is 1. The van der Waals surface area contributed by atoms with E-state index in [1.165, 1.54) is 6.07 Å². The van der Waals surface area contributed by atoms with Gasteiger partial charge in [0.2, 0.25) is 10.0 Å². The van der Waals surface area contributed by atoms with Crippen molar-refractivity contribution in [3.8, 4) is 0 Å². The summed E-state index contributed by atoms with van der Waals surface area (Å²) in [6.45, 7) is 2.19. The Bertz CT molecular complexity index is 587. The molecule has 0 aliphatic heterocycles. The molecule has 0 aliphatic rings. The van der Waals surface area contributed by atoms with E-state index in [2.05, 4.69) is 20.7 Å². The molecule has 0 unspecified atom stereocenters. The van der Waals surface area contributed by atoms with Gasteiger partial charge in [-0.2, -0.15) is 0 Å². The largest absolute Gasteiger partial charge is 0.478 e. The van der Waals surface area contributed by atoms with Crippen LogP contribution in [0.15, 0.2) is 21.5 Å². The van der Waals surface area contributed by atoms with Crippen LogP contribution in [0.1, 0.15) is 22.3 Å². The van der Waals surface area contributed by atoms with Crippen molar-refractivity contribution in [1.82, 2.24) is 4.72 Å². The van der Waals surface area contributed by atoms with Crippen LogP contribution in [0.5, 0.6) is 0 Å². The fraction of sp³-hybridized carbons (Fsp3) is 0.364. The van der Waals surface area contributed by atoms with Crippen molar-refractivity contribution in [1.29, 1.82) is 0 Å². The average Bonchev–Trinajstić information content (AvgIpc) is 2.32. The Balaban J connectivity index is 3.17. The van der Waals surface area contributed by atoms with E-state index in [-0.39, 0.29) is 17.0 Å². The molecule has 0 atom stereocenters. The number of nitrogens with two attached hydrogens (primary N) is 1. The van der Waals surface area contributed by atoms with E-state index >= 15 is 0 Å². The number of aromatic carboxylic acids is 1. The van der Waals surface area contributed by atoms with E-state index in [4.69, 9.17) is 10.8 Å². The maximum absolute atomic E-state index is 12.0. The summed E-state index contributed by atoms with van der Waals surface area (Å²) in [6.07, 6.45) is 0.512. The molecule has 1 aromatic carbocycles. The molecule has 0 bridgehead atoms. The molecule has 0 fully saturated rings. The molecule has 4 N–H and O–H groups in total. The molecule has 106 valence electrons. The Morgan fingerprint density at radius 1 is 1.47 bits per heavy atom. The maximum Gasteiger partial charge on any atom is 0.336 e. The average molecular weight is 351 g/mol. The monoisotopic (exact) mass is 350 g/mol. The Morgan fingerprint density at radius 3 is 2.63 bits per heavy atom. The highest BCUT2D eigenvalue weighted by Crippen LogP contribution is 2.24. The van der Waals surface area contributed by atoms with Gasteiger partial charge in [-0.3, -0.25) is 0 Å². The van der Waals surface area contributed by atoms with Gasteiger partial charge in [-0.05, 0) is 37.6 Å². The van der Waals surface area contributed by atoms with Gasteiger partial charge in [0, 0.05) is 11.0 Å². The predicted octanol–water partition coefficient (Wildman–Crippen LogP) is 1.08. The Kier molecular flexibility index (Phi) is 5.48. The quantitative estimate of drug-likeness (QED) is 0.665. The van der Waals surface area contributed by atoms with Crippen LogP contribution in [-0.4, -0.2) is 32.6 Å². The number of nitrogens with one attached hydrogen (secondary N) is 1. The molecule has 0 aliphatic carbocycles. The third kappa shape index (κ3) is 4.00. The minimum absolute atomic E-state index is 0.0476. The first-order valence-corrected chi connectivity index (χ1v) is 7.80. The lowest BCUT2D eigenvalue weighted by Gasteiger charge is -2.10. The third-order valence-electron chi connectivity index (χ3n) is 2.53. The molecular formula is C11H15BrN2O4S. The second kappa shape index (κ2) is 6.47. The summed E-state index contributed by atoms with van der Waals surface area (Å²) >= 11 is 3.16. The molecule has 1 aromatic rings. The van der Waals surface area contributed by atoms with Crippen molar-refractivity contribution in [3.63, 3.8) is 0 Å². The first-order chi connectivity index (χ1) is 8.79. The Morgan fingerprint density at radius 2 is 2.11 bits per heavy atom. The molecule has 0 saturated heterocycles. The van der Waals surface area contributed by atoms with Gasteiger partial charge >= 0.3 is 5.97 Å². The highest BCUT2D eigenvalue weighted by atomic mass is 79.9. The summed E-state index contributed by atoms with van der Waals surface area (Å²) in [4.78, 5) is 11.0. The summed E-state index contributed by atoms with van der Waals surface area (Å²) in [5.74, 6) is -1.17. The molecule has 0 heterocycles. The van der Waals surface area contributed by atoms with E-state index in [0.29, 0.717) is 23.0 Å². The second-order valence-corrected chi connectivity index (χ2v) is 6.54. The second-order valence-electron chi connectivity index (χ2n) is 3.92. The van der Waals surface area contributed by atoms with E-state index in [1.807, 2.05) is 0 Å². The van der Waals surface area contributed by atoms with Gasteiger partial charge in [0.05, 0.1) is 10.5 Å². The SMILES string of the molecule is Cc1c(Br)cc(S(=O)(=O)NCCCN)cc1C(=O)O. The lowest BCUT2D eigenvalue weighted by Crippen LogP contribution is -2.26. The summed E-state index contributed by atoms with van der Waals surface area (Å²) < 4.78 is 26.8. The zero-order valence-corrected chi connectivity index (χ0v) is 12.7. The first kappa shape index (κ1) is 16.1. The molecular weight excluding hydrogens is 336 g/mol. The first-order valence-electron chi connectivity index (χ1n) is 5.52. The van der Waals surface area contributed by atoms with Gasteiger partial charge in [-0.15, -0.1) is 0 Å². The van der Waals surface area contributed by atoms with Crippen molar-refractivity contribution >= 4 is 31.9 Å². The molecule has 6 nitrogen and oxygen atoms in total. The zero-order chi connectivity index (χ0) is 14.6. The number of carboxylic acid groups (broad SMARTS) is 1. The van der Waals surface area contributed by atoms with Crippen LogP contribution in [-0.2, 0) is 10.0 Å². The number of halogens is 1. The van der Waals surface area contributed by atoms with Crippen LogP contribution in [0.3, 0.4) is 0 Å². The van der Waals surface area contributed by atoms with E-state index in [9.17, 15) is 13.2 Å². The van der Waals surface area contributed by atoms with Crippen molar-refractivity contribution in [2.24, 2.45) is 5.73 Å². The number of hydrogen-bond acceptors (Lipinski definition) is 4. The molecule has 1 rings (SSSR count). The van der Waals surface area contributed by atoms with Gasteiger partial charge in [-0.25, -0.2) is 17.9 Å². The summed E-state index contributed by atoms with van der Waals surface area (Å²) in [5.41, 5.74) is 5.72. The molecule has 0 radical (unpaired) electrons. The van der Waals surface area contributed by atoms with Gasteiger partial charge in [-0.1, -0.05) is 15.9 Å². The molecule has 19 heavy (non-hydrogen) atoms. The van der Waals surface area contributed by atoms with E-state index in [0.717, 1.165) is 6.07 Å². The van der Waals surface area contributed by atoms with Gasteiger partial charge < -0.3 is 10.8 Å². The van der Waals surface area contributed by atoms with Gasteiger partial charge in [0.25, 0.3) is 0 Å². The normalized spacial score (nSPS) is 11.5. The van der Waals surface area contributed by atoms with Crippen LogP contribution in [0.4, 0.5) is 0 Å². The maximum atomic E-state index is 12.0. The van der Waals surface area contributed by atoms with Crippen molar-refractivity contribution in [2.75, 3.05) is 13.1 Å². The number of carbonyl (C=O) groups is 1.